The van der Waals surface area contributed by atoms with Crippen molar-refractivity contribution < 1.29 is 14.3 Å². The van der Waals surface area contributed by atoms with Crippen LogP contribution in [0.1, 0.15) is 18.5 Å². The highest BCUT2D eigenvalue weighted by molar-refractivity contribution is 5.79. The van der Waals surface area contributed by atoms with Gasteiger partial charge in [-0.15, -0.1) is 0 Å². The molecule has 4 heteroatoms. The molecule has 16 heavy (non-hydrogen) atoms. The molecule has 2 N–H and O–H groups in total. The number of hydrogen-bond acceptors (Lipinski definition) is 2. The SMILES string of the molecule is CC(NC/C=C/C(=O)O)c1ccccc1F. The molecule has 0 saturated heterocycles. The Labute approximate surface area is 93.6 Å². The predicted octanol–water partition coefficient (Wildman–Crippen LogP) is 2.12. The molecule has 0 spiro atoms. The molecule has 0 fully saturated rings. The number of benzene rings is 1. The normalized spacial score (nSPS) is 12.9. The number of halogens is 1. The second-order valence-corrected chi connectivity index (χ2v) is 3.39. The molecule has 0 aliphatic rings. The van der Waals surface area contributed by atoms with Gasteiger partial charge in [-0.2, -0.15) is 0 Å². The van der Waals surface area contributed by atoms with E-state index in [-0.39, 0.29) is 11.9 Å². The molecule has 1 rings (SSSR count). The lowest BCUT2D eigenvalue weighted by Crippen LogP contribution is -2.19. The van der Waals surface area contributed by atoms with Gasteiger partial charge in [0.05, 0.1) is 0 Å². The average molecular weight is 223 g/mol. The summed E-state index contributed by atoms with van der Waals surface area (Å²) < 4.78 is 13.3. The van der Waals surface area contributed by atoms with Gasteiger partial charge >= 0.3 is 5.97 Å². The van der Waals surface area contributed by atoms with E-state index >= 15 is 0 Å². The fourth-order valence-corrected chi connectivity index (χ4v) is 1.34. The molecule has 1 aromatic carbocycles. The maximum Gasteiger partial charge on any atom is 0.328 e. The van der Waals surface area contributed by atoms with Crippen LogP contribution in [0.5, 0.6) is 0 Å². The number of nitrogens with one attached hydrogen (secondary N) is 1. The third-order valence-electron chi connectivity index (χ3n) is 2.17. The number of rotatable bonds is 5. The van der Waals surface area contributed by atoms with Gasteiger partial charge in [0.1, 0.15) is 5.82 Å². The van der Waals surface area contributed by atoms with Gasteiger partial charge in [-0.25, -0.2) is 9.18 Å². The van der Waals surface area contributed by atoms with E-state index in [0.717, 1.165) is 6.08 Å². The van der Waals surface area contributed by atoms with Crippen molar-refractivity contribution in [3.8, 4) is 0 Å². The first-order valence-electron chi connectivity index (χ1n) is 4.98. The minimum Gasteiger partial charge on any atom is -0.478 e. The van der Waals surface area contributed by atoms with Gasteiger partial charge in [0, 0.05) is 24.2 Å². The molecule has 0 aliphatic heterocycles. The molecule has 86 valence electrons. The highest BCUT2D eigenvalue weighted by Crippen LogP contribution is 2.15. The summed E-state index contributed by atoms with van der Waals surface area (Å²) >= 11 is 0. The van der Waals surface area contributed by atoms with Crippen LogP contribution in [0.4, 0.5) is 4.39 Å². The Morgan fingerprint density at radius 1 is 1.56 bits per heavy atom. The van der Waals surface area contributed by atoms with Crippen molar-refractivity contribution in [3.05, 3.63) is 47.8 Å². The Morgan fingerprint density at radius 3 is 2.88 bits per heavy atom. The number of carboxylic acids is 1. The van der Waals surface area contributed by atoms with Gasteiger partial charge in [-0.1, -0.05) is 24.3 Å². The van der Waals surface area contributed by atoms with E-state index in [9.17, 15) is 9.18 Å². The molecule has 0 bridgehead atoms. The third kappa shape index (κ3) is 3.82. The van der Waals surface area contributed by atoms with Crippen molar-refractivity contribution in [2.24, 2.45) is 0 Å². The van der Waals surface area contributed by atoms with Gasteiger partial charge in [0.2, 0.25) is 0 Å². The molecule has 1 atom stereocenters. The van der Waals surface area contributed by atoms with Crippen LogP contribution < -0.4 is 5.32 Å². The fraction of sp³-hybridized carbons (Fsp3) is 0.250. The molecule has 1 unspecified atom stereocenters. The molecule has 3 nitrogen and oxygen atoms in total. The van der Waals surface area contributed by atoms with E-state index in [1.165, 1.54) is 12.1 Å². The first-order valence-corrected chi connectivity index (χ1v) is 4.98. The summed E-state index contributed by atoms with van der Waals surface area (Å²) in [5, 5.41) is 11.4. The van der Waals surface area contributed by atoms with Crippen LogP contribution in [-0.2, 0) is 4.79 Å². The van der Waals surface area contributed by atoms with Gasteiger partial charge in [-0.05, 0) is 13.0 Å². The third-order valence-corrected chi connectivity index (χ3v) is 2.17. The lowest BCUT2D eigenvalue weighted by Gasteiger charge is -2.13. The van der Waals surface area contributed by atoms with E-state index in [1.54, 1.807) is 18.2 Å². The number of aliphatic carboxylic acids is 1. The zero-order chi connectivity index (χ0) is 12.0. The van der Waals surface area contributed by atoms with Crippen molar-refractivity contribution in [2.75, 3.05) is 6.54 Å². The first-order chi connectivity index (χ1) is 7.61. The molecule has 0 amide bonds. The Hall–Kier alpha value is -1.68. The average Bonchev–Trinajstić information content (AvgIpc) is 2.24. The molecule has 0 aromatic heterocycles. The Balaban J connectivity index is 2.50. The van der Waals surface area contributed by atoms with Crippen molar-refractivity contribution in [1.29, 1.82) is 0 Å². The lowest BCUT2D eigenvalue weighted by molar-refractivity contribution is -0.131. The van der Waals surface area contributed by atoms with Crippen LogP contribution in [0.2, 0.25) is 0 Å². The molecule has 0 saturated carbocycles. The number of carboxylic acid groups (broad SMARTS) is 1. The van der Waals surface area contributed by atoms with Crippen LogP contribution in [0, 0.1) is 5.82 Å². The van der Waals surface area contributed by atoms with Crippen LogP contribution in [0.3, 0.4) is 0 Å². The molecular weight excluding hydrogens is 209 g/mol. The lowest BCUT2D eigenvalue weighted by atomic mass is 10.1. The second kappa shape index (κ2) is 6.02. The maximum atomic E-state index is 13.3. The summed E-state index contributed by atoms with van der Waals surface area (Å²) in [5.74, 6) is -1.25. The van der Waals surface area contributed by atoms with Crippen LogP contribution >= 0.6 is 0 Å². The summed E-state index contributed by atoms with van der Waals surface area (Å²) in [4.78, 5) is 10.2. The van der Waals surface area contributed by atoms with E-state index in [2.05, 4.69) is 5.32 Å². The molecule has 0 aliphatic carbocycles. The van der Waals surface area contributed by atoms with Gasteiger partial charge < -0.3 is 10.4 Å². The fourth-order valence-electron chi connectivity index (χ4n) is 1.34. The predicted molar refractivity (Wildman–Crippen MR) is 59.6 cm³/mol. The van der Waals surface area contributed by atoms with Crippen LogP contribution in [0.15, 0.2) is 36.4 Å². The Morgan fingerprint density at radius 2 is 2.25 bits per heavy atom. The molecular formula is C12H14FNO2. The van der Waals surface area contributed by atoms with Crippen molar-refractivity contribution in [2.45, 2.75) is 13.0 Å². The maximum absolute atomic E-state index is 13.3. The quantitative estimate of drug-likeness (QED) is 0.752. The van der Waals surface area contributed by atoms with Crippen LogP contribution in [-0.4, -0.2) is 17.6 Å². The first kappa shape index (κ1) is 12.4. The minimum absolute atomic E-state index is 0.153. The van der Waals surface area contributed by atoms with E-state index in [4.69, 9.17) is 5.11 Å². The van der Waals surface area contributed by atoms with Gasteiger partial charge in [-0.3, -0.25) is 0 Å². The Bertz CT molecular complexity index is 390. The smallest absolute Gasteiger partial charge is 0.328 e. The molecule has 0 radical (unpaired) electrons. The van der Waals surface area contributed by atoms with Crippen molar-refractivity contribution >= 4 is 5.97 Å². The largest absolute Gasteiger partial charge is 0.478 e. The second-order valence-electron chi connectivity index (χ2n) is 3.39. The summed E-state index contributed by atoms with van der Waals surface area (Å²) in [7, 11) is 0. The van der Waals surface area contributed by atoms with Gasteiger partial charge in [0.25, 0.3) is 0 Å². The van der Waals surface area contributed by atoms with E-state index in [0.29, 0.717) is 12.1 Å². The summed E-state index contributed by atoms with van der Waals surface area (Å²) in [6.07, 6.45) is 2.54. The highest BCUT2D eigenvalue weighted by Gasteiger charge is 2.07. The summed E-state index contributed by atoms with van der Waals surface area (Å²) in [5.41, 5.74) is 0.575. The topological polar surface area (TPSA) is 49.3 Å². The number of carbonyl (C=O) groups is 1. The zero-order valence-electron chi connectivity index (χ0n) is 8.98. The number of hydrogen-bond donors (Lipinski definition) is 2. The van der Waals surface area contributed by atoms with Gasteiger partial charge in [0.15, 0.2) is 0 Å². The zero-order valence-corrected chi connectivity index (χ0v) is 8.98. The molecule has 1 aromatic rings. The standard InChI is InChI=1S/C12H14FNO2/c1-9(14-8-4-7-12(15)16)10-5-2-3-6-11(10)13/h2-7,9,14H,8H2,1H3,(H,15,16)/b7-4+. The minimum atomic E-state index is -0.986. The molecule has 0 heterocycles. The summed E-state index contributed by atoms with van der Waals surface area (Å²) in [6.45, 7) is 2.22. The van der Waals surface area contributed by atoms with Crippen LogP contribution in [0.25, 0.3) is 0 Å². The summed E-state index contributed by atoms with van der Waals surface area (Å²) in [6, 6.07) is 6.35. The van der Waals surface area contributed by atoms with Crippen molar-refractivity contribution in [1.82, 2.24) is 5.32 Å². The van der Waals surface area contributed by atoms with E-state index < -0.39 is 5.97 Å². The highest BCUT2D eigenvalue weighted by atomic mass is 19.1. The monoisotopic (exact) mass is 223 g/mol. The Kier molecular flexibility index (Phi) is 4.66. The van der Waals surface area contributed by atoms with Crippen molar-refractivity contribution in [3.63, 3.8) is 0 Å². The van der Waals surface area contributed by atoms with E-state index in [1.807, 2.05) is 6.92 Å².